The normalized spacial score (nSPS) is 13.5. The van der Waals surface area contributed by atoms with Crippen LogP contribution in [0.25, 0.3) is 0 Å². The van der Waals surface area contributed by atoms with Crippen LogP contribution >= 0.6 is 0 Å². The topological polar surface area (TPSA) is 112 Å². The summed E-state index contributed by atoms with van der Waals surface area (Å²) in [5.74, 6) is -1.21. The summed E-state index contributed by atoms with van der Waals surface area (Å²) in [7, 11) is 0. The molecule has 0 unspecified atom stereocenters. The van der Waals surface area contributed by atoms with Crippen LogP contribution < -0.4 is 5.32 Å². The van der Waals surface area contributed by atoms with Gasteiger partial charge in [0.2, 0.25) is 5.88 Å². The molecule has 4 N–H and O–H groups in total. The number of aromatic amines is 1. The Morgan fingerprint density at radius 1 is 1.09 bits per heavy atom. The highest BCUT2D eigenvalue weighted by atomic mass is 16.6. The van der Waals surface area contributed by atoms with Crippen LogP contribution in [0.5, 0.6) is 11.8 Å². The molecule has 0 fully saturated rings. The molecule has 0 bridgehead atoms. The molecule has 1 aromatic heterocycles. The van der Waals surface area contributed by atoms with E-state index in [1.54, 1.807) is 41.5 Å². The van der Waals surface area contributed by atoms with Gasteiger partial charge in [-0.1, -0.05) is 20.8 Å². The molecule has 1 rings (SSSR count). The van der Waals surface area contributed by atoms with E-state index in [1.807, 2.05) is 0 Å². The van der Waals surface area contributed by atoms with Crippen molar-refractivity contribution in [1.29, 1.82) is 0 Å². The zero-order valence-corrected chi connectivity index (χ0v) is 14.7. The smallest absolute Gasteiger partial charge is 0.408 e. The van der Waals surface area contributed by atoms with Gasteiger partial charge in [-0.25, -0.2) is 4.79 Å². The Hall–Kier alpha value is -2.18. The first-order chi connectivity index (χ1) is 10.2. The number of hydrogen-bond donors (Lipinski definition) is 4. The summed E-state index contributed by atoms with van der Waals surface area (Å²) in [5.41, 5.74) is -1.13. The number of nitrogens with one attached hydrogen (secondary N) is 2. The number of aromatic hydroxyl groups is 2. The van der Waals surface area contributed by atoms with E-state index >= 15 is 0 Å². The molecule has 0 saturated carbocycles. The SMILES string of the molecule is Cc1c(O)[nH]c(O)c1C(=O)[C@@H](NC(=O)OC(C)(C)C)C(C)(C)C. The first kappa shape index (κ1) is 18.9. The van der Waals surface area contributed by atoms with Gasteiger partial charge >= 0.3 is 6.09 Å². The van der Waals surface area contributed by atoms with Crippen LogP contribution in [0.2, 0.25) is 0 Å². The first-order valence-electron chi connectivity index (χ1n) is 7.38. The molecule has 0 aromatic carbocycles. The second-order valence-electron chi connectivity index (χ2n) is 7.63. The maximum Gasteiger partial charge on any atom is 0.408 e. The van der Waals surface area contributed by atoms with E-state index in [1.165, 1.54) is 6.92 Å². The minimum absolute atomic E-state index is 0.0431. The monoisotopic (exact) mass is 326 g/mol. The lowest BCUT2D eigenvalue weighted by atomic mass is 9.82. The predicted octanol–water partition coefficient (Wildman–Crippen LogP) is 2.86. The number of Topliss-reactive ketones (excluding diaryl/α,β-unsaturated/α-hetero) is 1. The van der Waals surface area contributed by atoms with Crippen LogP contribution in [0.15, 0.2) is 0 Å². The van der Waals surface area contributed by atoms with E-state index in [0.717, 1.165) is 0 Å². The van der Waals surface area contributed by atoms with E-state index in [9.17, 15) is 19.8 Å². The lowest BCUT2D eigenvalue weighted by molar-refractivity contribution is 0.0445. The van der Waals surface area contributed by atoms with Gasteiger partial charge in [0.1, 0.15) is 11.6 Å². The number of H-pyrrole nitrogens is 1. The zero-order chi connectivity index (χ0) is 18.2. The van der Waals surface area contributed by atoms with Crippen LogP contribution in [-0.2, 0) is 4.74 Å². The molecule has 1 atom stereocenters. The van der Waals surface area contributed by atoms with Crippen molar-refractivity contribution in [1.82, 2.24) is 10.3 Å². The fourth-order valence-corrected chi connectivity index (χ4v) is 2.11. The molecule has 0 spiro atoms. The third-order valence-electron chi connectivity index (χ3n) is 3.24. The fourth-order valence-electron chi connectivity index (χ4n) is 2.11. The van der Waals surface area contributed by atoms with Crippen molar-refractivity contribution >= 4 is 11.9 Å². The van der Waals surface area contributed by atoms with Gasteiger partial charge < -0.3 is 20.3 Å². The van der Waals surface area contributed by atoms with Crippen molar-refractivity contribution in [3.8, 4) is 11.8 Å². The quantitative estimate of drug-likeness (QED) is 0.638. The standard InChI is InChI=1S/C16H26N2O5/c1-8-9(13(21)18-12(8)20)10(19)11(15(2,3)4)17-14(22)23-16(5,6)7/h11,18,20-21H,1-7H3,(H,17,22)/t11-/m1/s1. The highest BCUT2D eigenvalue weighted by molar-refractivity contribution is 6.05. The molecule has 0 aliphatic carbocycles. The number of carbonyl (C=O) groups excluding carboxylic acids is 2. The minimum Gasteiger partial charge on any atom is -0.494 e. The molecule has 23 heavy (non-hydrogen) atoms. The van der Waals surface area contributed by atoms with E-state index in [-0.39, 0.29) is 17.0 Å². The Morgan fingerprint density at radius 2 is 1.61 bits per heavy atom. The van der Waals surface area contributed by atoms with Gasteiger partial charge in [0.25, 0.3) is 0 Å². The maximum absolute atomic E-state index is 12.8. The Morgan fingerprint density at radius 3 is 1.96 bits per heavy atom. The minimum atomic E-state index is -0.933. The molecule has 0 saturated heterocycles. The average molecular weight is 326 g/mol. The summed E-state index contributed by atoms with van der Waals surface area (Å²) in [6.07, 6.45) is -0.720. The van der Waals surface area contributed by atoms with Crippen molar-refractivity contribution < 1.29 is 24.5 Å². The van der Waals surface area contributed by atoms with Gasteiger partial charge in [0.05, 0.1) is 5.56 Å². The number of hydrogen-bond acceptors (Lipinski definition) is 5. The number of amides is 1. The Bertz CT molecular complexity index is 605. The van der Waals surface area contributed by atoms with Crippen LogP contribution in [-0.4, -0.2) is 38.7 Å². The van der Waals surface area contributed by atoms with Crippen LogP contribution in [0.1, 0.15) is 57.5 Å². The van der Waals surface area contributed by atoms with Crippen LogP contribution in [0, 0.1) is 12.3 Å². The number of ketones is 1. The molecule has 1 amide bonds. The highest BCUT2D eigenvalue weighted by Gasteiger charge is 2.37. The maximum atomic E-state index is 12.8. The van der Waals surface area contributed by atoms with Crippen molar-refractivity contribution in [2.24, 2.45) is 5.41 Å². The summed E-state index contributed by atoms with van der Waals surface area (Å²) >= 11 is 0. The summed E-state index contributed by atoms with van der Waals surface area (Å²) in [4.78, 5) is 27.1. The van der Waals surface area contributed by atoms with E-state index < -0.39 is 34.8 Å². The molecule has 1 aromatic rings. The summed E-state index contributed by atoms with van der Waals surface area (Å²) in [5, 5.41) is 22.0. The van der Waals surface area contributed by atoms with E-state index in [2.05, 4.69) is 10.3 Å². The molecule has 0 aliphatic heterocycles. The predicted molar refractivity (Wildman–Crippen MR) is 85.8 cm³/mol. The largest absolute Gasteiger partial charge is 0.494 e. The van der Waals surface area contributed by atoms with Gasteiger partial charge in [-0.2, -0.15) is 0 Å². The molecule has 7 nitrogen and oxygen atoms in total. The average Bonchev–Trinajstić information content (AvgIpc) is 2.56. The van der Waals surface area contributed by atoms with Gasteiger partial charge in [0, 0.05) is 5.56 Å². The second kappa shape index (κ2) is 6.14. The number of carbonyl (C=O) groups is 2. The number of ether oxygens (including phenoxy) is 1. The van der Waals surface area contributed by atoms with Gasteiger partial charge in [-0.15, -0.1) is 0 Å². The summed E-state index contributed by atoms with van der Waals surface area (Å²) in [6.45, 7) is 12.0. The van der Waals surface area contributed by atoms with Crippen molar-refractivity contribution in [3.05, 3.63) is 11.1 Å². The third-order valence-corrected chi connectivity index (χ3v) is 3.24. The fraction of sp³-hybridized carbons (Fsp3) is 0.625. The Labute approximate surface area is 136 Å². The first-order valence-corrected chi connectivity index (χ1v) is 7.38. The Balaban J connectivity index is 3.13. The van der Waals surface area contributed by atoms with E-state index in [4.69, 9.17) is 4.74 Å². The van der Waals surface area contributed by atoms with Gasteiger partial charge in [-0.05, 0) is 33.1 Å². The van der Waals surface area contributed by atoms with Gasteiger partial charge in [-0.3, -0.25) is 9.78 Å². The van der Waals surface area contributed by atoms with Crippen molar-refractivity contribution in [2.45, 2.75) is 60.1 Å². The number of aromatic nitrogens is 1. The van der Waals surface area contributed by atoms with Crippen molar-refractivity contribution in [2.75, 3.05) is 0 Å². The second-order valence-corrected chi connectivity index (χ2v) is 7.63. The number of rotatable bonds is 3. The third kappa shape index (κ3) is 4.64. The summed E-state index contributed by atoms with van der Waals surface area (Å²) in [6, 6.07) is -0.933. The lowest BCUT2D eigenvalue weighted by Crippen LogP contribution is -2.50. The summed E-state index contributed by atoms with van der Waals surface area (Å²) < 4.78 is 5.19. The Kier molecular flexibility index (Phi) is 5.03. The molecule has 0 aliphatic rings. The van der Waals surface area contributed by atoms with Gasteiger partial charge in [0.15, 0.2) is 11.7 Å². The molecule has 1 heterocycles. The van der Waals surface area contributed by atoms with E-state index in [0.29, 0.717) is 0 Å². The highest BCUT2D eigenvalue weighted by Crippen LogP contribution is 2.32. The lowest BCUT2D eigenvalue weighted by Gasteiger charge is -2.31. The van der Waals surface area contributed by atoms with Crippen LogP contribution in [0.3, 0.4) is 0 Å². The molecular weight excluding hydrogens is 300 g/mol. The van der Waals surface area contributed by atoms with Crippen LogP contribution in [0.4, 0.5) is 4.79 Å². The molecule has 7 heteroatoms. The zero-order valence-electron chi connectivity index (χ0n) is 14.7. The number of alkyl carbamates (subject to hydrolysis) is 1. The molecule has 130 valence electrons. The molecule has 0 radical (unpaired) electrons. The van der Waals surface area contributed by atoms with Crippen molar-refractivity contribution in [3.63, 3.8) is 0 Å². The molecular formula is C16H26N2O5.